The Bertz CT molecular complexity index is 2370. The predicted octanol–water partition coefficient (Wildman–Crippen LogP) is 10.8. The SMILES string of the molecule is CC1(C)c2ccccc2-n2c3ccccc3c3cc(-c4cc5c6c(c4)c4ccccc4n6-c4ccccc4C5(C)C)cc1c32. The van der Waals surface area contributed by atoms with Gasteiger partial charge in [0.15, 0.2) is 0 Å². The highest BCUT2D eigenvalue weighted by Crippen LogP contribution is 2.51. The summed E-state index contributed by atoms with van der Waals surface area (Å²) >= 11 is 0. The van der Waals surface area contributed by atoms with Crippen LogP contribution < -0.4 is 0 Å². The first-order chi connectivity index (χ1) is 21.4. The standard InChI is InChI=1S/C42H32N2/c1-41(2)31-15-7-11-19-37(31)43-35-17-9-5-13-27(35)29-21-25(23-33(41)39(29)43)26-22-30-28-14-6-10-18-36(28)44-38-20-12-8-16-32(38)42(3,4)34(24-26)40(30)44/h5-24H,1-4H3. The minimum Gasteiger partial charge on any atom is -0.309 e. The van der Waals surface area contributed by atoms with Gasteiger partial charge in [0, 0.05) is 32.4 Å². The van der Waals surface area contributed by atoms with Crippen molar-refractivity contribution in [1.82, 2.24) is 9.13 Å². The Hall–Kier alpha value is -5.08. The fraction of sp³-hybridized carbons (Fsp3) is 0.143. The lowest BCUT2D eigenvalue weighted by Gasteiger charge is -2.36. The number of nitrogens with zero attached hydrogens (tertiary/aromatic N) is 2. The lowest BCUT2D eigenvalue weighted by atomic mass is 9.72. The summed E-state index contributed by atoms with van der Waals surface area (Å²) in [7, 11) is 0. The molecule has 0 aliphatic carbocycles. The van der Waals surface area contributed by atoms with E-state index in [0.29, 0.717) is 0 Å². The van der Waals surface area contributed by atoms with Crippen molar-refractivity contribution >= 4 is 43.6 Å². The molecule has 0 spiro atoms. The molecule has 8 aromatic rings. The summed E-state index contributed by atoms with van der Waals surface area (Å²) < 4.78 is 5.01. The normalized spacial score (nSPS) is 15.6. The molecule has 2 aliphatic rings. The number of hydrogen-bond donors (Lipinski definition) is 0. The van der Waals surface area contributed by atoms with E-state index in [0.717, 1.165) is 0 Å². The molecule has 0 atom stereocenters. The summed E-state index contributed by atoms with van der Waals surface area (Å²) in [6, 6.07) is 45.7. The van der Waals surface area contributed by atoms with Gasteiger partial charge < -0.3 is 9.13 Å². The Balaban J connectivity index is 1.35. The zero-order chi connectivity index (χ0) is 29.5. The summed E-state index contributed by atoms with van der Waals surface area (Å²) in [5.74, 6) is 0. The lowest BCUT2D eigenvalue weighted by Crippen LogP contribution is -2.26. The molecule has 0 saturated heterocycles. The van der Waals surface area contributed by atoms with E-state index in [9.17, 15) is 0 Å². The zero-order valence-corrected chi connectivity index (χ0v) is 25.4. The van der Waals surface area contributed by atoms with Gasteiger partial charge in [-0.2, -0.15) is 0 Å². The highest BCUT2D eigenvalue weighted by molar-refractivity contribution is 6.15. The predicted molar refractivity (Wildman–Crippen MR) is 185 cm³/mol. The molecule has 2 heteroatoms. The van der Waals surface area contributed by atoms with Crippen molar-refractivity contribution < 1.29 is 0 Å². The number of rotatable bonds is 1. The van der Waals surface area contributed by atoms with Crippen LogP contribution >= 0.6 is 0 Å². The quantitative estimate of drug-likeness (QED) is 0.188. The van der Waals surface area contributed by atoms with Gasteiger partial charge in [0.1, 0.15) is 0 Å². The summed E-state index contributed by atoms with van der Waals surface area (Å²) in [6.07, 6.45) is 0. The van der Waals surface area contributed by atoms with E-state index < -0.39 is 0 Å². The third kappa shape index (κ3) is 2.78. The minimum atomic E-state index is -0.137. The summed E-state index contributed by atoms with van der Waals surface area (Å²) in [4.78, 5) is 0. The molecule has 0 N–H and O–H groups in total. The fourth-order valence-corrected chi connectivity index (χ4v) is 8.67. The first-order valence-electron chi connectivity index (χ1n) is 15.7. The van der Waals surface area contributed by atoms with Crippen LogP contribution in [0.25, 0.3) is 66.1 Å². The monoisotopic (exact) mass is 564 g/mol. The van der Waals surface area contributed by atoms with Gasteiger partial charge in [0.2, 0.25) is 0 Å². The second kappa shape index (κ2) is 7.89. The van der Waals surface area contributed by atoms with Crippen molar-refractivity contribution in [3.05, 3.63) is 144 Å². The minimum absolute atomic E-state index is 0.137. The average Bonchev–Trinajstić information content (AvgIpc) is 3.56. The molecule has 6 aromatic carbocycles. The van der Waals surface area contributed by atoms with Gasteiger partial charge in [-0.05, 0) is 81.9 Å². The van der Waals surface area contributed by atoms with Crippen LogP contribution in [0.5, 0.6) is 0 Å². The first kappa shape index (κ1) is 24.4. The Kier molecular flexibility index (Phi) is 4.37. The number of hydrogen-bond acceptors (Lipinski definition) is 0. The van der Waals surface area contributed by atoms with Gasteiger partial charge in [-0.25, -0.2) is 0 Å². The molecule has 4 heterocycles. The molecule has 10 rings (SSSR count). The van der Waals surface area contributed by atoms with E-state index in [1.807, 2.05) is 0 Å². The van der Waals surface area contributed by atoms with Crippen molar-refractivity contribution in [2.24, 2.45) is 0 Å². The summed E-state index contributed by atoms with van der Waals surface area (Å²) in [5.41, 5.74) is 15.6. The van der Waals surface area contributed by atoms with Crippen LogP contribution in [0.1, 0.15) is 49.9 Å². The second-order valence-electron chi connectivity index (χ2n) is 13.8. The molecular formula is C42H32N2. The lowest BCUT2D eigenvalue weighted by molar-refractivity contribution is 0.629. The van der Waals surface area contributed by atoms with Gasteiger partial charge in [-0.1, -0.05) is 100 Å². The topological polar surface area (TPSA) is 9.86 Å². The average molecular weight is 565 g/mol. The summed E-state index contributed by atoms with van der Waals surface area (Å²) in [6.45, 7) is 9.58. The molecule has 210 valence electrons. The van der Waals surface area contributed by atoms with Crippen LogP contribution in [0.4, 0.5) is 0 Å². The van der Waals surface area contributed by atoms with Crippen LogP contribution in [0.15, 0.2) is 121 Å². The van der Waals surface area contributed by atoms with Crippen LogP contribution in [-0.2, 0) is 10.8 Å². The second-order valence-corrected chi connectivity index (χ2v) is 13.8. The van der Waals surface area contributed by atoms with E-state index >= 15 is 0 Å². The van der Waals surface area contributed by atoms with Gasteiger partial charge in [0.05, 0.1) is 33.4 Å². The zero-order valence-electron chi connectivity index (χ0n) is 25.4. The molecular weight excluding hydrogens is 532 g/mol. The highest BCUT2D eigenvalue weighted by Gasteiger charge is 2.37. The van der Waals surface area contributed by atoms with E-state index in [-0.39, 0.29) is 10.8 Å². The van der Waals surface area contributed by atoms with Crippen molar-refractivity contribution in [2.75, 3.05) is 0 Å². The largest absolute Gasteiger partial charge is 0.309 e. The van der Waals surface area contributed by atoms with Crippen molar-refractivity contribution in [3.63, 3.8) is 0 Å². The van der Waals surface area contributed by atoms with Crippen molar-refractivity contribution in [1.29, 1.82) is 0 Å². The Labute approximate surface area is 256 Å². The molecule has 2 nitrogen and oxygen atoms in total. The molecule has 2 aromatic heterocycles. The molecule has 0 bridgehead atoms. The Morgan fingerprint density at radius 2 is 0.773 bits per heavy atom. The number of fused-ring (bicyclic) bond motifs is 10. The molecule has 0 amide bonds. The Morgan fingerprint density at radius 1 is 0.386 bits per heavy atom. The maximum Gasteiger partial charge on any atom is 0.0582 e. The van der Waals surface area contributed by atoms with E-state index in [1.54, 1.807) is 0 Å². The van der Waals surface area contributed by atoms with Gasteiger partial charge in [-0.3, -0.25) is 0 Å². The van der Waals surface area contributed by atoms with Crippen LogP contribution in [-0.4, -0.2) is 9.13 Å². The van der Waals surface area contributed by atoms with Crippen LogP contribution in [0.2, 0.25) is 0 Å². The van der Waals surface area contributed by atoms with E-state index in [1.165, 1.54) is 88.4 Å². The smallest absolute Gasteiger partial charge is 0.0582 e. The van der Waals surface area contributed by atoms with Crippen molar-refractivity contribution in [3.8, 4) is 22.5 Å². The van der Waals surface area contributed by atoms with Gasteiger partial charge in [0.25, 0.3) is 0 Å². The molecule has 0 saturated carbocycles. The van der Waals surface area contributed by atoms with E-state index in [4.69, 9.17) is 0 Å². The van der Waals surface area contributed by atoms with Crippen LogP contribution in [0, 0.1) is 0 Å². The third-order valence-corrected chi connectivity index (χ3v) is 10.9. The summed E-state index contributed by atoms with van der Waals surface area (Å²) in [5, 5.41) is 5.28. The molecule has 44 heavy (non-hydrogen) atoms. The molecule has 2 aliphatic heterocycles. The third-order valence-electron chi connectivity index (χ3n) is 10.9. The van der Waals surface area contributed by atoms with Crippen LogP contribution in [0.3, 0.4) is 0 Å². The van der Waals surface area contributed by atoms with Crippen molar-refractivity contribution in [2.45, 2.75) is 38.5 Å². The number of benzene rings is 6. The van der Waals surface area contributed by atoms with E-state index in [2.05, 4.69) is 158 Å². The number of aromatic nitrogens is 2. The van der Waals surface area contributed by atoms with Gasteiger partial charge >= 0.3 is 0 Å². The fourth-order valence-electron chi connectivity index (χ4n) is 8.67. The maximum absolute atomic E-state index is 2.50. The Morgan fingerprint density at radius 3 is 1.23 bits per heavy atom. The van der Waals surface area contributed by atoms with Gasteiger partial charge in [-0.15, -0.1) is 0 Å². The first-order valence-corrected chi connectivity index (χ1v) is 15.7. The number of para-hydroxylation sites is 4. The molecule has 0 radical (unpaired) electrons. The molecule has 0 unspecified atom stereocenters. The highest BCUT2D eigenvalue weighted by atomic mass is 15.0. The maximum atomic E-state index is 2.50. The molecule has 0 fully saturated rings.